The molecule has 0 atom stereocenters. The van der Waals surface area contributed by atoms with Crippen LogP contribution < -0.4 is 4.90 Å². The highest BCUT2D eigenvalue weighted by Gasteiger charge is 2.18. The van der Waals surface area contributed by atoms with E-state index >= 15 is 0 Å². The number of likely N-dealkylation sites (N-methyl/N-ethyl adjacent to an activating group) is 2. The van der Waals surface area contributed by atoms with E-state index in [2.05, 4.69) is 17.0 Å². The first-order valence-corrected chi connectivity index (χ1v) is 10.1. The third-order valence-corrected chi connectivity index (χ3v) is 5.69. The van der Waals surface area contributed by atoms with Crippen molar-refractivity contribution in [3.8, 4) is 0 Å². The first kappa shape index (κ1) is 18.7. The highest BCUT2D eigenvalue weighted by atomic mass is 32.2. The third kappa shape index (κ3) is 5.21. The van der Waals surface area contributed by atoms with E-state index in [4.69, 9.17) is 0 Å². The summed E-state index contributed by atoms with van der Waals surface area (Å²) in [5, 5.41) is 0. The Balaban J connectivity index is 1.91. The molecule has 1 aliphatic heterocycles. The summed E-state index contributed by atoms with van der Waals surface area (Å²) < 4.78 is 23.8. The van der Waals surface area contributed by atoms with E-state index in [-0.39, 0.29) is 12.5 Å². The van der Waals surface area contributed by atoms with Crippen LogP contribution in [0.3, 0.4) is 0 Å². The van der Waals surface area contributed by atoms with Gasteiger partial charge in [0.1, 0.15) is 0 Å². The second kappa shape index (κ2) is 7.98. The van der Waals surface area contributed by atoms with E-state index in [0.717, 1.165) is 29.2 Å². The molecule has 6 nitrogen and oxygen atoms in total. The van der Waals surface area contributed by atoms with Crippen LogP contribution in [0.2, 0.25) is 0 Å². The molecule has 2 rings (SSSR count). The van der Waals surface area contributed by atoms with Crippen molar-refractivity contribution in [3.63, 3.8) is 0 Å². The van der Waals surface area contributed by atoms with Crippen LogP contribution in [0, 0.1) is 0 Å². The lowest BCUT2D eigenvalue weighted by molar-refractivity contribution is -0.130. The number of hydrogen-bond donors (Lipinski definition) is 0. The molecule has 0 bridgehead atoms. The topological polar surface area (TPSA) is 60.9 Å². The van der Waals surface area contributed by atoms with Crippen LogP contribution in [-0.4, -0.2) is 63.5 Å². The van der Waals surface area contributed by atoms with Crippen molar-refractivity contribution in [2.45, 2.75) is 25.8 Å². The van der Waals surface area contributed by atoms with E-state index in [9.17, 15) is 13.2 Å². The predicted molar refractivity (Wildman–Crippen MR) is 96.5 cm³/mol. The van der Waals surface area contributed by atoms with Crippen LogP contribution >= 0.6 is 0 Å². The Labute approximate surface area is 145 Å². The molecule has 0 radical (unpaired) electrons. The predicted octanol–water partition coefficient (Wildman–Crippen LogP) is 1.53. The van der Waals surface area contributed by atoms with Crippen LogP contribution in [0.15, 0.2) is 24.3 Å². The molecule has 0 unspecified atom stereocenters. The highest BCUT2D eigenvalue weighted by molar-refractivity contribution is 7.88. The maximum atomic E-state index is 12.1. The van der Waals surface area contributed by atoms with Gasteiger partial charge in [0.2, 0.25) is 15.9 Å². The number of carbonyl (C=O) groups is 1. The van der Waals surface area contributed by atoms with Gasteiger partial charge in [-0.2, -0.15) is 4.31 Å². The molecule has 0 aromatic heterocycles. The number of hydrogen-bond acceptors (Lipinski definition) is 4. The summed E-state index contributed by atoms with van der Waals surface area (Å²) in [7, 11) is -0.239. The average molecular weight is 353 g/mol. The van der Waals surface area contributed by atoms with Gasteiger partial charge in [-0.15, -0.1) is 0 Å². The first-order chi connectivity index (χ1) is 11.3. The van der Waals surface area contributed by atoms with E-state index < -0.39 is 10.0 Å². The zero-order chi connectivity index (χ0) is 17.7. The van der Waals surface area contributed by atoms with E-state index in [1.165, 1.54) is 32.0 Å². The molecule has 7 heteroatoms. The summed E-state index contributed by atoms with van der Waals surface area (Å²) in [5.74, 6) is -0.219. The van der Waals surface area contributed by atoms with Crippen molar-refractivity contribution < 1.29 is 13.2 Å². The van der Waals surface area contributed by atoms with Crippen LogP contribution in [0.4, 0.5) is 5.69 Å². The molecular formula is C17H27N3O3S. The number of rotatable bonds is 6. The van der Waals surface area contributed by atoms with Crippen molar-refractivity contribution in [2.24, 2.45) is 0 Å². The summed E-state index contributed by atoms with van der Waals surface area (Å²) in [4.78, 5) is 16.1. The van der Waals surface area contributed by atoms with Gasteiger partial charge in [0.05, 0.1) is 12.8 Å². The van der Waals surface area contributed by atoms with E-state index in [1.54, 1.807) is 11.9 Å². The molecule has 0 aliphatic carbocycles. The number of anilines is 1. The van der Waals surface area contributed by atoms with Gasteiger partial charge >= 0.3 is 0 Å². The standard InChI is InChI=1S/C17H27N3O3S/c1-18(17(21)14-19(2)24(3,22)23)13-15-7-9-16(10-8-15)20-11-5-4-6-12-20/h7-10H,4-6,11-14H2,1-3H3. The molecule has 0 N–H and O–H groups in total. The minimum Gasteiger partial charge on any atom is -0.372 e. The van der Waals surface area contributed by atoms with Crippen LogP contribution in [0.1, 0.15) is 24.8 Å². The smallest absolute Gasteiger partial charge is 0.237 e. The highest BCUT2D eigenvalue weighted by Crippen LogP contribution is 2.20. The van der Waals surface area contributed by atoms with Gasteiger partial charge in [-0.1, -0.05) is 12.1 Å². The minimum atomic E-state index is -3.34. The molecule has 1 aromatic rings. The normalized spacial score (nSPS) is 15.6. The van der Waals surface area contributed by atoms with Crippen molar-refractivity contribution in [1.82, 2.24) is 9.21 Å². The molecule has 1 heterocycles. The largest absolute Gasteiger partial charge is 0.372 e. The monoisotopic (exact) mass is 353 g/mol. The summed E-state index contributed by atoms with van der Waals surface area (Å²) in [5.41, 5.74) is 2.26. The maximum absolute atomic E-state index is 12.1. The van der Waals surface area contributed by atoms with Gasteiger partial charge in [0.15, 0.2) is 0 Å². The Bertz CT molecular complexity index is 652. The van der Waals surface area contributed by atoms with E-state index in [1.807, 2.05) is 12.1 Å². The van der Waals surface area contributed by atoms with Crippen molar-refractivity contribution in [3.05, 3.63) is 29.8 Å². The van der Waals surface area contributed by atoms with E-state index in [0.29, 0.717) is 6.54 Å². The molecule has 24 heavy (non-hydrogen) atoms. The van der Waals surface area contributed by atoms with Crippen molar-refractivity contribution >= 4 is 21.6 Å². The number of piperidine rings is 1. The maximum Gasteiger partial charge on any atom is 0.237 e. The molecule has 1 fully saturated rings. The fraction of sp³-hybridized carbons (Fsp3) is 0.588. The number of nitrogens with zero attached hydrogens (tertiary/aromatic N) is 3. The van der Waals surface area contributed by atoms with Gasteiger partial charge in [0, 0.05) is 39.4 Å². The van der Waals surface area contributed by atoms with Gasteiger partial charge in [-0.25, -0.2) is 8.42 Å². The molecule has 1 saturated heterocycles. The van der Waals surface area contributed by atoms with Gasteiger partial charge in [-0.3, -0.25) is 4.79 Å². The third-order valence-electron chi connectivity index (χ3n) is 4.43. The fourth-order valence-corrected chi connectivity index (χ4v) is 3.10. The molecular weight excluding hydrogens is 326 g/mol. The minimum absolute atomic E-state index is 0.138. The molecule has 1 aliphatic rings. The summed E-state index contributed by atoms with van der Waals surface area (Å²) in [6.07, 6.45) is 4.89. The lowest BCUT2D eigenvalue weighted by atomic mass is 10.1. The summed E-state index contributed by atoms with van der Waals surface area (Å²) in [6.45, 7) is 2.54. The molecule has 1 aromatic carbocycles. The quantitative estimate of drug-likeness (QED) is 0.778. The van der Waals surface area contributed by atoms with Gasteiger partial charge in [-0.05, 0) is 37.0 Å². The fourth-order valence-electron chi connectivity index (χ4n) is 2.75. The second-order valence-electron chi connectivity index (χ2n) is 6.48. The van der Waals surface area contributed by atoms with Crippen LogP contribution in [-0.2, 0) is 21.4 Å². The molecule has 0 saturated carbocycles. The summed E-state index contributed by atoms with van der Waals surface area (Å²) >= 11 is 0. The van der Waals surface area contributed by atoms with Crippen molar-refractivity contribution in [2.75, 3.05) is 44.9 Å². The van der Waals surface area contributed by atoms with Gasteiger partial charge < -0.3 is 9.80 Å². The number of carbonyl (C=O) groups excluding carboxylic acids is 1. The zero-order valence-corrected chi connectivity index (χ0v) is 15.6. The average Bonchev–Trinajstić information content (AvgIpc) is 2.55. The molecule has 1 amide bonds. The van der Waals surface area contributed by atoms with Crippen molar-refractivity contribution in [1.29, 1.82) is 0 Å². The Morgan fingerprint density at radius 1 is 1.08 bits per heavy atom. The lowest BCUT2D eigenvalue weighted by Crippen LogP contribution is -2.38. The number of benzene rings is 1. The first-order valence-electron chi connectivity index (χ1n) is 8.26. The van der Waals surface area contributed by atoms with Crippen LogP contribution in [0.25, 0.3) is 0 Å². The Kier molecular flexibility index (Phi) is 6.23. The zero-order valence-electron chi connectivity index (χ0n) is 14.7. The lowest BCUT2D eigenvalue weighted by Gasteiger charge is -2.29. The Hall–Kier alpha value is -1.60. The number of amides is 1. The summed E-state index contributed by atoms with van der Waals surface area (Å²) in [6, 6.07) is 8.27. The van der Waals surface area contributed by atoms with Gasteiger partial charge in [0.25, 0.3) is 0 Å². The Morgan fingerprint density at radius 3 is 2.21 bits per heavy atom. The molecule has 134 valence electrons. The number of sulfonamides is 1. The second-order valence-corrected chi connectivity index (χ2v) is 8.57. The Morgan fingerprint density at radius 2 is 1.67 bits per heavy atom. The molecule has 0 spiro atoms. The van der Waals surface area contributed by atoms with Crippen LogP contribution in [0.5, 0.6) is 0 Å². The SMILES string of the molecule is CN(Cc1ccc(N2CCCCC2)cc1)C(=O)CN(C)S(C)(=O)=O.